The van der Waals surface area contributed by atoms with Crippen LogP contribution in [0.25, 0.3) is 0 Å². The molecule has 4 heteroatoms. The van der Waals surface area contributed by atoms with E-state index in [-0.39, 0.29) is 11.6 Å². The first-order valence-electron chi connectivity index (χ1n) is 5.69. The van der Waals surface area contributed by atoms with Gasteiger partial charge in [0.25, 0.3) is 0 Å². The van der Waals surface area contributed by atoms with Gasteiger partial charge in [-0.15, -0.1) is 0 Å². The van der Waals surface area contributed by atoms with Crippen LogP contribution in [0.5, 0.6) is 0 Å². The Bertz CT molecular complexity index is 211. The van der Waals surface area contributed by atoms with Crippen LogP contribution < -0.4 is 10.6 Å². The minimum absolute atomic E-state index is 0.268. The first-order chi connectivity index (χ1) is 7.12. The summed E-state index contributed by atoms with van der Waals surface area (Å²) in [5.41, 5.74) is 0.275. The Morgan fingerprint density at radius 2 is 2.20 bits per heavy atom. The fourth-order valence-electron chi connectivity index (χ4n) is 1.96. The van der Waals surface area contributed by atoms with Crippen molar-refractivity contribution in [1.29, 1.82) is 0 Å². The molecule has 0 bridgehead atoms. The quantitative estimate of drug-likeness (QED) is 0.706. The van der Waals surface area contributed by atoms with Crippen LogP contribution in [-0.4, -0.2) is 30.4 Å². The third-order valence-corrected chi connectivity index (χ3v) is 3.38. The lowest BCUT2D eigenvalue weighted by atomic mass is 9.75. The van der Waals surface area contributed by atoms with E-state index in [4.69, 9.17) is 17.0 Å². The van der Waals surface area contributed by atoms with Crippen molar-refractivity contribution in [1.82, 2.24) is 10.6 Å². The zero-order valence-electron chi connectivity index (χ0n) is 9.93. The molecule has 1 saturated carbocycles. The molecule has 3 nitrogen and oxygen atoms in total. The molecule has 1 aliphatic carbocycles. The third kappa shape index (κ3) is 3.61. The fourth-order valence-corrected chi connectivity index (χ4v) is 2.38. The molecule has 0 aromatic rings. The van der Waals surface area contributed by atoms with E-state index >= 15 is 0 Å². The molecule has 0 saturated heterocycles. The Morgan fingerprint density at radius 1 is 1.53 bits per heavy atom. The molecule has 1 fully saturated rings. The van der Waals surface area contributed by atoms with Crippen LogP contribution in [0.15, 0.2) is 0 Å². The molecule has 0 radical (unpaired) electrons. The third-order valence-electron chi connectivity index (χ3n) is 3.16. The zero-order valence-corrected chi connectivity index (χ0v) is 10.7. The lowest BCUT2D eigenvalue weighted by molar-refractivity contribution is 0.176. The summed E-state index contributed by atoms with van der Waals surface area (Å²) in [6.07, 6.45) is 4.94. The molecule has 0 spiro atoms. The molecule has 0 aliphatic heterocycles. The maximum absolute atomic E-state index is 5.28. The molecule has 2 N–H and O–H groups in total. The van der Waals surface area contributed by atoms with Crippen LogP contribution in [-0.2, 0) is 4.74 Å². The van der Waals surface area contributed by atoms with Crippen molar-refractivity contribution in [2.24, 2.45) is 0 Å². The van der Waals surface area contributed by atoms with Gasteiger partial charge in [0.05, 0.1) is 6.61 Å². The number of rotatable bonds is 5. The lowest BCUT2D eigenvalue weighted by Gasteiger charge is -2.43. The van der Waals surface area contributed by atoms with E-state index in [0.717, 1.165) is 11.5 Å². The molecule has 0 amide bonds. The molecule has 1 unspecified atom stereocenters. The molecule has 0 aromatic carbocycles. The molecule has 0 heterocycles. The van der Waals surface area contributed by atoms with E-state index in [1.54, 1.807) is 7.11 Å². The standard InChI is InChI=1S/C11H22N2OS/c1-4-11(6-5-7-11)13-10(15)12-9(2)8-14-3/h9H,4-8H2,1-3H3,(H2,12,13,15). The second kappa shape index (κ2) is 5.66. The summed E-state index contributed by atoms with van der Waals surface area (Å²) >= 11 is 5.28. The van der Waals surface area contributed by atoms with Crippen molar-refractivity contribution in [3.8, 4) is 0 Å². The summed E-state index contributed by atoms with van der Waals surface area (Å²) in [7, 11) is 1.70. The highest BCUT2D eigenvalue weighted by atomic mass is 32.1. The Labute approximate surface area is 98.0 Å². The highest BCUT2D eigenvalue weighted by Gasteiger charge is 2.35. The molecule has 1 rings (SSSR count). The van der Waals surface area contributed by atoms with Gasteiger partial charge in [-0.1, -0.05) is 6.92 Å². The van der Waals surface area contributed by atoms with Crippen LogP contribution in [0.1, 0.15) is 39.5 Å². The summed E-state index contributed by atoms with van der Waals surface area (Å²) < 4.78 is 5.05. The number of methoxy groups -OCH3 is 1. The van der Waals surface area contributed by atoms with Crippen LogP contribution in [0.2, 0.25) is 0 Å². The first kappa shape index (κ1) is 12.7. The SMILES string of the molecule is CCC1(NC(=S)NC(C)COC)CCC1. The number of thiocarbonyl (C=S) groups is 1. The van der Waals surface area contributed by atoms with Crippen molar-refractivity contribution >= 4 is 17.3 Å². The van der Waals surface area contributed by atoms with Gasteiger partial charge in [-0.05, 0) is 44.8 Å². The summed E-state index contributed by atoms with van der Waals surface area (Å²) in [5.74, 6) is 0. The number of nitrogens with one attached hydrogen (secondary N) is 2. The fraction of sp³-hybridized carbons (Fsp3) is 0.909. The number of hydrogen-bond acceptors (Lipinski definition) is 2. The van der Waals surface area contributed by atoms with Gasteiger partial charge in [0.15, 0.2) is 5.11 Å². The second-order valence-corrected chi connectivity index (χ2v) is 4.85. The van der Waals surface area contributed by atoms with Crippen LogP contribution in [0, 0.1) is 0 Å². The van der Waals surface area contributed by atoms with Gasteiger partial charge >= 0.3 is 0 Å². The van der Waals surface area contributed by atoms with Crippen LogP contribution >= 0.6 is 12.2 Å². The van der Waals surface area contributed by atoms with E-state index in [0.29, 0.717) is 6.61 Å². The monoisotopic (exact) mass is 230 g/mol. The van der Waals surface area contributed by atoms with Crippen molar-refractivity contribution < 1.29 is 4.74 Å². The second-order valence-electron chi connectivity index (χ2n) is 4.44. The topological polar surface area (TPSA) is 33.3 Å². The van der Waals surface area contributed by atoms with Crippen molar-refractivity contribution in [3.05, 3.63) is 0 Å². The smallest absolute Gasteiger partial charge is 0.167 e. The molecular formula is C11H22N2OS. The van der Waals surface area contributed by atoms with Gasteiger partial charge in [0.1, 0.15) is 0 Å². The van der Waals surface area contributed by atoms with Crippen molar-refractivity contribution in [2.45, 2.75) is 51.1 Å². The lowest BCUT2D eigenvalue weighted by Crippen LogP contribution is -2.57. The summed E-state index contributed by atoms with van der Waals surface area (Å²) in [4.78, 5) is 0. The molecular weight excluding hydrogens is 208 g/mol. The molecule has 88 valence electrons. The highest BCUT2D eigenvalue weighted by Crippen LogP contribution is 2.34. The van der Waals surface area contributed by atoms with E-state index in [1.807, 2.05) is 0 Å². The van der Waals surface area contributed by atoms with E-state index < -0.39 is 0 Å². The minimum Gasteiger partial charge on any atom is -0.383 e. The first-order valence-corrected chi connectivity index (χ1v) is 6.10. The van der Waals surface area contributed by atoms with Gasteiger partial charge in [0.2, 0.25) is 0 Å². The van der Waals surface area contributed by atoms with E-state index in [2.05, 4.69) is 24.5 Å². The molecule has 15 heavy (non-hydrogen) atoms. The Hall–Kier alpha value is -0.350. The summed E-state index contributed by atoms with van der Waals surface area (Å²) in [5, 5.41) is 7.43. The Balaban J connectivity index is 2.28. The van der Waals surface area contributed by atoms with Gasteiger partial charge in [-0.3, -0.25) is 0 Å². The zero-order chi connectivity index (χ0) is 11.3. The Kier molecular flexibility index (Phi) is 4.80. The predicted octanol–water partition coefficient (Wildman–Crippen LogP) is 1.82. The minimum atomic E-state index is 0.268. The summed E-state index contributed by atoms with van der Waals surface area (Å²) in [6.45, 7) is 4.96. The van der Waals surface area contributed by atoms with E-state index in [1.165, 1.54) is 19.3 Å². The number of ether oxygens (including phenoxy) is 1. The van der Waals surface area contributed by atoms with Gasteiger partial charge in [-0.2, -0.15) is 0 Å². The van der Waals surface area contributed by atoms with Gasteiger partial charge < -0.3 is 15.4 Å². The average Bonchev–Trinajstić information content (AvgIpc) is 2.11. The Morgan fingerprint density at radius 3 is 2.60 bits per heavy atom. The van der Waals surface area contributed by atoms with Crippen molar-refractivity contribution in [3.63, 3.8) is 0 Å². The largest absolute Gasteiger partial charge is 0.383 e. The van der Waals surface area contributed by atoms with E-state index in [9.17, 15) is 0 Å². The van der Waals surface area contributed by atoms with Gasteiger partial charge in [0, 0.05) is 18.7 Å². The van der Waals surface area contributed by atoms with Crippen LogP contribution in [0.3, 0.4) is 0 Å². The van der Waals surface area contributed by atoms with Crippen LogP contribution in [0.4, 0.5) is 0 Å². The maximum atomic E-state index is 5.28. The molecule has 1 aliphatic rings. The van der Waals surface area contributed by atoms with Crippen molar-refractivity contribution in [2.75, 3.05) is 13.7 Å². The number of hydrogen-bond donors (Lipinski definition) is 2. The average molecular weight is 230 g/mol. The highest BCUT2D eigenvalue weighted by molar-refractivity contribution is 7.80. The normalized spacial score (nSPS) is 20.2. The van der Waals surface area contributed by atoms with Gasteiger partial charge in [-0.25, -0.2) is 0 Å². The molecule has 1 atom stereocenters. The molecule has 0 aromatic heterocycles. The predicted molar refractivity (Wildman–Crippen MR) is 67.1 cm³/mol. The maximum Gasteiger partial charge on any atom is 0.167 e. The summed E-state index contributed by atoms with van der Waals surface area (Å²) in [6, 6.07) is 0.268.